The molecule has 0 spiro atoms. The van der Waals surface area contributed by atoms with E-state index in [1.165, 1.54) is 71.7 Å². The Balaban J connectivity index is 1.17. The number of hydrogen-bond donors (Lipinski definition) is 0. The average molecular weight is 745 g/mol. The molecule has 9 aromatic carbocycles. The minimum absolute atomic E-state index is 0.0983. The second-order valence-corrected chi connectivity index (χ2v) is 17.0. The van der Waals surface area contributed by atoms with Crippen LogP contribution in [-0.2, 0) is 10.8 Å². The first-order valence-corrected chi connectivity index (χ1v) is 20.4. The monoisotopic (exact) mass is 744 g/mol. The Hall–Kier alpha value is -6.90. The highest BCUT2D eigenvalue weighted by Crippen LogP contribution is 2.55. The summed E-state index contributed by atoms with van der Waals surface area (Å²) in [5.74, 6) is 0. The molecule has 2 nitrogen and oxygen atoms in total. The molecule has 0 aromatic heterocycles. The van der Waals surface area contributed by atoms with E-state index in [9.17, 15) is 0 Å². The lowest BCUT2D eigenvalue weighted by Gasteiger charge is -2.31. The number of nitrogens with zero attached hydrogens (tertiary/aromatic N) is 2. The molecule has 2 heteroatoms. The molecule has 58 heavy (non-hydrogen) atoms. The Morgan fingerprint density at radius 2 is 0.828 bits per heavy atom. The van der Waals surface area contributed by atoms with Crippen molar-refractivity contribution in [2.75, 3.05) is 9.80 Å². The van der Waals surface area contributed by atoms with Crippen LogP contribution >= 0.6 is 0 Å². The minimum atomic E-state index is -0.108. The van der Waals surface area contributed by atoms with Crippen LogP contribution in [-0.4, -0.2) is 0 Å². The lowest BCUT2D eigenvalue weighted by atomic mass is 9.81. The van der Waals surface area contributed by atoms with Crippen LogP contribution in [0.15, 0.2) is 194 Å². The normalized spacial score (nSPS) is 14.1. The molecule has 0 fully saturated rings. The highest BCUT2D eigenvalue weighted by molar-refractivity contribution is 6.16. The second kappa shape index (κ2) is 12.8. The van der Waals surface area contributed by atoms with Crippen LogP contribution < -0.4 is 9.80 Å². The third-order valence-corrected chi connectivity index (χ3v) is 13.0. The molecule has 0 aliphatic heterocycles. The predicted molar refractivity (Wildman–Crippen MR) is 246 cm³/mol. The molecule has 9 aromatic rings. The van der Waals surface area contributed by atoms with Crippen molar-refractivity contribution in [3.05, 3.63) is 216 Å². The first-order valence-electron chi connectivity index (χ1n) is 20.4. The van der Waals surface area contributed by atoms with Crippen molar-refractivity contribution in [3.8, 4) is 22.3 Å². The van der Waals surface area contributed by atoms with Crippen molar-refractivity contribution in [3.63, 3.8) is 0 Å². The molecule has 0 atom stereocenters. The summed E-state index contributed by atoms with van der Waals surface area (Å²) in [6.45, 7) is 9.46. The van der Waals surface area contributed by atoms with Gasteiger partial charge in [0.1, 0.15) is 0 Å². The Kier molecular flexibility index (Phi) is 7.59. The maximum absolute atomic E-state index is 2.49. The highest BCUT2D eigenvalue weighted by Gasteiger charge is 2.38. The summed E-state index contributed by atoms with van der Waals surface area (Å²) < 4.78 is 0. The molecule has 0 saturated heterocycles. The Morgan fingerprint density at radius 3 is 1.53 bits per heavy atom. The zero-order valence-electron chi connectivity index (χ0n) is 33.4. The lowest BCUT2D eigenvalue weighted by molar-refractivity contribution is 0.660. The molecular weight excluding hydrogens is 701 g/mol. The number of rotatable bonds is 6. The summed E-state index contributed by atoms with van der Waals surface area (Å²) in [4.78, 5) is 4.92. The smallest absolute Gasteiger partial charge is 0.0546 e. The zero-order chi connectivity index (χ0) is 39.2. The van der Waals surface area contributed by atoms with Crippen LogP contribution in [0.3, 0.4) is 0 Å². The first-order chi connectivity index (χ1) is 28.3. The lowest BCUT2D eigenvalue weighted by Crippen LogP contribution is -2.16. The summed E-state index contributed by atoms with van der Waals surface area (Å²) >= 11 is 0. The first kappa shape index (κ1) is 34.4. The van der Waals surface area contributed by atoms with E-state index in [0.717, 1.165) is 28.4 Å². The molecule has 0 unspecified atom stereocenters. The van der Waals surface area contributed by atoms with E-state index in [0.29, 0.717) is 0 Å². The second-order valence-electron chi connectivity index (χ2n) is 17.0. The van der Waals surface area contributed by atoms with Gasteiger partial charge in [0.2, 0.25) is 0 Å². The van der Waals surface area contributed by atoms with Gasteiger partial charge in [0.25, 0.3) is 0 Å². The molecule has 2 aliphatic rings. The van der Waals surface area contributed by atoms with Gasteiger partial charge in [-0.1, -0.05) is 155 Å². The number of hydrogen-bond acceptors (Lipinski definition) is 2. The van der Waals surface area contributed by atoms with Gasteiger partial charge in [-0.25, -0.2) is 0 Å². The summed E-state index contributed by atoms with van der Waals surface area (Å²) in [5, 5.41) is 5.01. The van der Waals surface area contributed by atoms with Crippen LogP contribution in [0.5, 0.6) is 0 Å². The van der Waals surface area contributed by atoms with Crippen LogP contribution in [0.25, 0.3) is 43.8 Å². The fourth-order valence-corrected chi connectivity index (χ4v) is 10.2. The molecule has 11 rings (SSSR count). The van der Waals surface area contributed by atoms with Crippen molar-refractivity contribution < 1.29 is 0 Å². The van der Waals surface area contributed by atoms with Crippen molar-refractivity contribution in [2.45, 2.75) is 38.5 Å². The predicted octanol–water partition coefficient (Wildman–Crippen LogP) is 15.5. The van der Waals surface area contributed by atoms with Gasteiger partial charge >= 0.3 is 0 Å². The van der Waals surface area contributed by atoms with Crippen molar-refractivity contribution >= 4 is 55.7 Å². The van der Waals surface area contributed by atoms with Crippen LogP contribution in [0.2, 0.25) is 0 Å². The van der Waals surface area contributed by atoms with Gasteiger partial charge in [-0.05, 0) is 122 Å². The fourth-order valence-electron chi connectivity index (χ4n) is 10.2. The largest absolute Gasteiger partial charge is 0.310 e. The maximum Gasteiger partial charge on any atom is 0.0546 e. The number of benzene rings is 9. The van der Waals surface area contributed by atoms with Gasteiger partial charge in [0.15, 0.2) is 0 Å². The van der Waals surface area contributed by atoms with E-state index in [2.05, 4.69) is 232 Å². The third-order valence-electron chi connectivity index (χ3n) is 13.0. The van der Waals surface area contributed by atoms with Gasteiger partial charge in [0, 0.05) is 44.5 Å². The number of para-hydroxylation sites is 2. The topological polar surface area (TPSA) is 6.48 Å². The zero-order valence-corrected chi connectivity index (χ0v) is 33.4. The molecule has 2 aliphatic carbocycles. The van der Waals surface area contributed by atoms with Gasteiger partial charge in [0.05, 0.1) is 11.4 Å². The van der Waals surface area contributed by atoms with E-state index in [1.807, 2.05) is 0 Å². The standard InChI is InChI=1S/C56H44N2/c1-55(2)49-30-16-14-28-44(49)54-50(55)31-18-32-52(54)57(38-20-7-5-8-21-38)40-24-17-25-41(34-40)58(39-22-9-6-10-23-39)53-33-37-19-11-12-26-42(37)45-36-51-46(35-47(45)53)43-27-13-15-29-48(43)56(51,3)4/h5-36H,1-4H3. The molecule has 0 N–H and O–H groups in total. The number of anilines is 6. The summed E-state index contributed by atoms with van der Waals surface area (Å²) in [6, 6.07) is 71.8. The highest BCUT2D eigenvalue weighted by atomic mass is 15.2. The molecule has 278 valence electrons. The molecule has 0 amide bonds. The fraction of sp³-hybridized carbons (Fsp3) is 0.107. The number of fused-ring (bicyclic) bond motifs is 9. The van der Waals surface area contributed by atoms with E-state index < -0.39 is 0 Å². The molecule has 0 saturated carbocycles. The molecular formula is C56H44N2. The van der Waals surface area contributed by atoms with Crippen molar-refractivity contribution in [1.82, 2.24) is 0 Å². The van der Waals surface area contributed by atoms with Crippen LogP contribution in [0.4, 0.5) is 34.1 Å². The summed E-state index contributed by atoms with van der Waals surface area (Å²) in [5.41, 5.74) is 17.3. The van der Waals surface area contributed by atoms with Crippen LogP contribution in [0.1, 0.15) is 49.9 Å². The quantitative estimate of drug-likeness (QED) is 0.156. The maximum atomic E-state index is 2.49. The van der Waals surface area contributed by atoms with E-state index >= 15 is 0 Å². The average Bonchev–Trinajstić information content (AvgIpc) is 3.64. The minimum Gasteiger partial charge on any atom is -0.310 e. The van der Waals surface area contributed by atoms with Gasteiger partial charge < -0.3 is 9.80 Å². The van der Waals surface area contributed by atoms with E-state index in [1.54, 1.807) is 0 Å². The summed E-state index contributed by atoms with van der Waals surface area (Å²) in [7, 11) is 0. The van der Waals surface area contributed by atoms with Gasteiger partial charge in [-0.3, -0.25) is 0 Å². The van der Waals surface area contributed by atoms with Gasteiger partial charge in [-0.15, -0.1) is 0 Å². The van der Waals surface area contributed by atoms with Crippen molar-refractivity contribution in [1.29, 1.82) is 0 Å². The van der Waals surface area contributed by atoms with Gasteiger partial charge in [-0.2, -0.15) is 0 Å². The van der Waals surface area contributed by atoms with E-state index in [4.69, 9.17) is 0 Å². The summed E-state index contributed by atoms with van der Waals surface area (Å²) in [6.07, 6.45) is 0. The molecule has 0 radical (unpaired) electrons. The molecule has 0 heterocycles. The Bertz CT molecular complexity index is 3070. The Labute approximate surface area is 341 Å². The van der Waals surface area contributed by atoms with Crippen molar-refractivity contribution in [2.24, 2.45) is 0 Å². The Morgan fingerprint density at radius 1 is 0.310 bits per heavy atom. The van der Waals surface area contributed by atoms with Crippen LogP contribution in [0, 0.1) is 0 Å². The molecule has 0 bridgehead atoms. The third kappa shape index (κ3) is 5.04. The van der Waals surface area contributed by atoms with E-state index in [-0.39, 0.29) is 10.8 Å². The SMILES string of the molecule is CC1(C)c2ccccc2-c2cc3c(N(c4ccccc4)c4cccc(N(c5ccccc5)c5cccc6c5-c5ccccc5C6(C)C)c4)cc4ccccc4c3cc21.